The van der Waals surface area contributed by atoms with Crippen LogP contribution in [0.15, 0.2) is 60.8 Å². The fourth-order valence-electron chi connectivity index (χ4n) is 5.26. The number of nitrogens with two attached hydrogens (primary N) is 1. The fraction of sp³-hybridized carbons (Fsp3) is 0.738. The molecular formula is C42H76NO7P. The number of carbonyl (C=O) groups excluding carboxylic acids is 1. The lowest BCUT2D eigenvalue weighted by molar-refractivity contribution is -0.154. The Morgan fingerprint density at radius 2 is 1.10 bits per heavy atom. The minimum absolute atomic E-state index is 0.0979. The van der Waals surface area contributed by atoms with Gasteiger partial charge in [0.2, 0.25) is 0 Å². The fourth-order valence-corrected chi connectivity index (χ4v) is 6.02. The molecule has 0 bridgehead atoms. The highest BCUT2D eigenvalue weighted by Crippen LogP contribution is 2.43. The van der Waals surface area contributed by atoms with E-state index in [1.54, 1.807) is 0 Å². The van der Waals surface area contributed by atoms with E-state index in [0.29, 0.717) is 13.0 Å². The van der Waals surface area contributed by atoms with E-state index in [0.717, 1.165) is 64.2 Å². The third-order valence-corrected chi connectivity index (χ3v) is 9.18. The Morgan fingerprint density at radius 1 is 0.608 bits per heavy atom. The molecule has 296 valence electrons. The molecule has 0 spiro atoms. The summed E-state index contributed by atoms with van der Waals surface area (Å²) in [6, 6.07) is 0. The van der Waals surface area contributed by atoms with Gasteiger partial charge < -0.3 is 20.1 Å². The van der Waals surface area contributed by atoms with Gasteiger partial charge in [-0.1, -0.05) is 158 Å². The van der Waals surface area contributed by atoms with Crippen LogP contribution in [0, 0.1) is 0 Å². The van der Waals surface area contributed by atoms with E-state index in [2.05, 4.69) is 74.6 Å². The van der Waals surface area contributed by atoms with Crippen molar-refractivity contribution in [3.8, 4) is 0 Å². The zero-order valence-corrected chi connectivity index (χ0v) is 33.5. The van der Waals surface area contributed by atoms with E-state index in [-0.39, 0.29) is 32.3 Å². The van der Waals surface area contributed by atoms with Crippen LogP contribution < -0.4 is 5.73 Å². The minimum atomic E-state index is -4.26. The van der Waals surface area contributed by atoms with Crippen molar-refractivity contribution in [2.75, 3.05) is 33.0 Å². The van der Waals surface area contributed by atoms with Crippen molar-refractivity contribution >= 4 is 13.8 Å². The lowest BCUT2D eigenvalue weighted by Crippen LogP contribution is -2.28. The molecule has 0 aliphatic carbocycles. The quantitative estimate of drug-likeness (QED) is 0.0278. The van der Waals surface area contributed by atoms with Crippen LogP contribution >= 0.6 is 7.82 Å². The maximum Gasteiger partial charge on any atom is 0.472 e. The summed E-state index contributed by atoms with van der Waals surface area (Å²) < 4.78 is 33.2. The summed E-state index contributed by atoms with van der Waals surface area (Å²) in [5.41, 5.74) is 5.34. The Balaban J connectivity index is 3.85. The lowest BCUT2D eigenvalue weighted by Gasteiger charge is -2.20. The van der Waals surface area contributed by atoms with E-state index in [9.17, 15) is 14.3 Å². The zero-order valence-electron chi connectivity index (χ0n) is 32.6. The molecule has 0 amide bonds. The van der Waals surface area contributed by atoms with Crippen molar-refractivity contribution < 1.29 is 32.8 Å². The number of carbonyl (C=O) groups is 1. The molecule has 51 heavy (non-hydrogen) atoms. The molecule has 0 saturated carbocycles. The highest BCUT2D eigenvalue weighted by molar-refractivity contribution is 7.47. The van der Waals surface area contributed by atoms with E-state index in [1.807, 2.05) is 0 Å². The van der Waals surface area contributed by atoms with Crippen LogP contribution in [0.2, 0.25) is 0 Å². The molecule has 0 fully saturated rings. The Bertz CT molecular complexity index is 963. The van der Waals surface area contributed by atoms with Crippen molar-refractivity contribution in [2.45, 2.75) is 168 Å². The third kappa shape index (κ3) is 39.2. The van der Waals surface area contributed by atoms with Crippen molar-refractivity contribution in [3.05, 3.63) is 60.8 Å². The summed E-state index contributed by atoms with van der Waals surface area (Å²) in [5, 5.41) is 0. The summed E-state index contributed by atoms with van der Waals surface area (Å²) in [4.78, 5) is 22.2. The topological polar surface area (TPSA) is 117 Å². The second-order valence-electron chi connectivity index (χ2n) is 13.1. The van der Waals surface area contributed by atoms with Crippen LogP contribution in [0.1, 0.15) is 162 Å². The number of phosphoric ester groups is 1. The van der Waals surface area contributed by atoms with Gasteiger partial charge in [0, 0.05) is 19.6 Å². The summed E-state index contributed by atoms with van der Waals surface area (Å²) in [6.07, 6.45) is 47.0. The van der Waals surface area contributed by atoms with Crippen LogP contribution in [0.4, 0.5) is 0 Å². The van der Waals surface area contributed by atoms with Gasteiger partial charge in [-0.3, -0.25) is 13.8 Å². The van der Waals surface area contributed by atoms with Crippen LogP contribution in [0.25, 0.3) is 0 Å². The van der Waals surface area contributed by atoms with Crippen molar-refractivity contribution in [1.82, 2.24) is 0 Å². The second-order valence-corrected chi connectivity index (χ2v) is 14.6. The van der Waals surface area contributed by atoms with Gasteiger partial charge in [-0.05, 0) is 57.8 Å². The molecule has 0 saturated heterocycles. The van der Waals surface area contributed by atoms with Gasteiger partial charge in [0.1, 0.15) is 6.10 Å². The summed E-state index contributed by atoms with van der Waals surface area (Å²) >= 11 is 0. The number of ether oxygens (including phenoxy) is 2. The number of rotatable bonds is 38. The van der Waals surface area contributed by atoms with Crippen LogP contribution in [-0.2, 0) is 27.9 Å². The average molecular weight is 738 g/mol. The molecule has 2 unspecified atom stereocenters. The zero-order chi connectivity index (χ0) is 37.4. The van der Waals surface area contributed by atoms with Gasteiger partial charge in [0.05, 0.1) is 19.8 Å². The van der Waals surface area contributed by atoms with Crippen molar-refractivity contribution in [3.63, 3.8) is 0 Å². The molecule has 0 rings (SSSR count). The first-order valence-electron chi connectivity index (χ1n) is 20.3. The SMILES string of the molecule is CC/C=C\C/C=C\C/C=C\C/C=C\C/C=C\CCCCCCCCCCCCOCC(COP(=O)(O)OCCN)OC(=O)CCCCCCCC. The molecule has 0 aromatic rings. The van der Waals surface area contributed by atoms with E-state index < -0.39 is 13.9 Å². The van der Waals surface area contributed by atoms with Crippen LogP contribution in [0.3, 0.4) is 0 Å². The van der Waals surface area contributed by atoms with Gasteiger partial charge in [-0.25, -0.2) is 4.57 Å². The summed E-state index contributed by atoms with van der Waals surface area (Å²) in [7, 11) is -4.26. The molecule has 9 heteroatoms. The molecule has 8 nitrogen and oxygen atoms in total. The molecular weight excluding hydrogens is 661 g/mol. The standard InChI is InChI=1S/C42H76NO7P/c1-3-5-7-9-11-12-13-14-15-16-17-18-19-20-21-22-23-24-25-26-27-28-29-30-32-34-37-47-39-41(40-49-51(45,46)48-38-36-43)50-42(44)35-33-31-10-8-6-4-2/h5,7,11-12,14-15,17-18,20-21,41H,3-4,6,8-10,13,16,19,22-40,43H2,1-2H3,(H,45,46)/b7-5-,12-11-,15-14-,18-17-,21-20-. The van der Waals surface area contributed by atoms with E-state index in [4.69, 9.17) is 24.3 Å². The monoisotopic (exact) mass is 738 g/mol. The smallest absolute Gasteiger partial charge is 0.457 e. The molecule has 2 atom stereocenters. The van der Waals surface area contributed by atoms with Gasteiger partial charge >= 0.3 is 13.8 Å². The molecule has 0 aromatic carbocycles. The third-order valence-electron chi connectivity index (χ3n) is 8.20. The number of allylic oxidation sites excluding steroid dienone is 10. The van der Waals surface area contributed by atoms with Crippen LogP contribution in [-0.4, -0.2) is 49.9 Å². The second kappa shape index (κ2) is 39.4. The maximum absolute atomic E-state index is 12.4. The van der Waals surface area contributed by atoms with Gasteiger partial charge in [-0.15, -0.1) is 0 Å². The number of esters is 1. The molecule has 0 radical (unpaired) electrons. The Kier molecular flexibility index (Phi) is 38.0. The maximum atomic E-state index is 12.4. The summed E-state index contributed by atoms with van der Waals surface area (Å²) in [5.74, 6) is -0.344. The van der Waals surface area contributed by atoms with Gasteiger partial charge in [-0.2, -0.15) is 0 Å². The minimum Gasteiger partial charge on any atom is -0.457 e. The Morgan fingerprint density at radius 3 is 1.65 bits per heavy atom. The predicted octanol–water partition coefficient (Wildman–Crippen LogP) is 11.8. The highest BCUT2D eigenvalue weighted by Gasteiger charge is 2.25. The van der Waals surface area contributed by atoms with E-state index in [1.165, 1.54) is 77.0 Å². The number of hydrogen-bond acceptors (Lipinski definition) is 7. The highest BCUT2D eigenvalue weighted by atomic mass is 31.2. The average Bonchev–Trinajstić information content (AvgIpc) is 3.12. The first-order chi connectivity index (χ1) is 24.9. The molecule has 0 aromatic heterocycles. The predicted molar refractivity (Wildman–Crippen MR) is 215 cm³/mol. The molecule has 0 aliphatic heterocycles. The number of hydrogen-bond donors (Lipinski definition) is 2. The van der Waals surface area contributed by atoms with Gasteiger partial charge in [0.25, 0.3) is 0 Å². The normalized spacial score (nSPS) is 14.2. The Hall–Kier alpha value is -1.80. The van der Waals surface area contributed by atoms with Crippen molar-refractivity contribution in [2.24, 2.45) is 5.73 Å². The lowest BCUT2D eigenvalue weighted by atomic mass is 10.1. The molecule has 3 N–H and O–H groups in total. The summed E-state index contributed by atoms with van der Waals surface area (Å²) in [6.45, 7) is 4.72. The first kappa shape index (κ1) is 49.2. The first-order valence-corrected chi connectivity index (χ1v) is 21.8. The molecule has 0 aliphatic rings. The number of phosphoric acid groups is 1. The van der Waals surface area contributed by atoms with E-state index >= 15 is 0 Å². The Labute approximate surface area is 313 Å². The molecule has 0 heterocycles. The van der Waals surface area contributed by atoms with Gasteiger partial charge in [0.15, 0.2) is 0 Å². The van der Waals surface area contributed by atoms with Crippen molar-refractivity contribution in [1.29, 1.82) is 0 Å². The van der Waals surface area contributed by atoms with Crippen LogP contribution in [0.5, 0.6) is 0 Å². The largest absolute Gasteiger partial charge is 0.472 e. The number of unbranched alkanes of at least 4 members (excludes halogenated alkanes) is 15.